The van der Waals surface area contributed by atoms with Gasteiger partial charge in [-0.05, 0) is 32.0 Å². The molecule has 1 aromatic rings. The molecular formula is C13H18N2O3S. The van der Waals surface area contributed by atoms with Gasteiger partial charge in [-0.3, -0.25) is 14.2 Å². The minimum atomic E-state index is -0.999. The number of hydrogen-bond acceptors (Lipinski definition) is 3. The first-order valence-electron chi connectivity index (χ1n) is 6.56. The van der Waals surface area contributed by atoms with Crippen molar-refractivity contribution < 1.29 is 9.90 Å². The molecule has 2 N–H and O–H groups in total. The highest BCUT2D eigenvalue weighted by Gasteiger charge is 2.20. The second-order valence-corrected chi connectivity index (χ2v) is 5.46. The van der Waals surface area contributed by atoms with Crippen LogP contribution in [0.4, 0.5) is 0 Å². The summed E-state index contributed by atoms with van der Waals surface area (Å²) >= 11 is 5.24. The molecule has 6 heteroatoms. The monoisotopic (exact) mass is 282 g/mol. The summed E-state index contributed by atoms with van der Waals surface area (Å²) in [6.45, 7) is 1.70. The molecule has 1 aliphatic rings. The van der Waals surface area contributed by atoms with Crippen LogP contribution in [-0.2, 0) is 11.2 Å². The smallest absolute Gasteiger partial charge is 0.308 e. The van der Waals surface area contributed by atoms with E-state index in [1.54, 1.807) is 11.5 Å². The number of aromatic amines is 1. The third-order valence-electron chi connectivity index (χ3n) is 3.71. The number of nitrogens with one attached hydrogen (secondary N) is 1. The summed E-state index contributed by atoms with van der Waals surface area (Å²) < 4.78 is 1.99. The number of aromatic nitrogens is 2. The minimum absolute atomic E-state index is 0.109. The van der Waals surface area contributed by atoms with E-state index < -0.39 is 5.97 Å². The molecule has 0 amide bonds. The fraction of sp³-hybridized carbons (Fsp3) is 0.615. The van der Waals surface area contributed by atoms with Crippen molar-refractivity contribution >= 4 is 18.2 Å². The van der Waals surface area contributed by atoms with Gasteiger partial charge in [-0.1, -0.05) is 19.3 Å². The second kappa shape index (κ2) is 5.69. The van der Waals surface area contributed by atoms with E-state index in [0.717, 1.165) is 25.7 Å². The highest BCUT2D eigenvalue weighted by atomic mass is 32.1. The first-order valence-corrected chi connectivity index (χ1v) is 6.97. The largest absolute Gasteiger partial charge is 0.481 e. The van der Waals surface area contributed by atoms with Crippen LogP contribution in [-0.4, -0.2) is 20.6 Å². The number of H-pyrrole nitrogens is 1. The molecular weight excluding hydrogens is 264 g/mol. The molecule has 1 saturated carbocycles. The van der Waals surface area contributed by atoms with E-state index in [0.29, 0.717) is 16.0 Å². The van der Waals surface area contributed by atoms with Crippen molar-refractivity contribution in [2.75, 3.05) is 0 Å². The topological polar surface area (TPSA) is 75.1 Å². The lowest BCUT2D eigenvalue weighted by Crippen LogP contribution is -2.32. The molecule has 2 rings (SSSR count). The number of nitrogens with zero attached hydrogens (tertiary/aromatic N) is 1. The van der Waals surface area contributed by atoms with Crippen molar-refractivity contribution in [2.24, 2.45) is 0 Å². The van der Waals surface area contributed by atoms with E-state index in [1.807, 2.05) is 0 Å². The summed E-state index contributed by atoms with van der Waals surface area (Å²) in [5.74, 6) is -0.999. The summed E-state index contributed by atoms with van der Waals surface area (Å²) in [6.07, 6.45) is 4.99. The van der Waals surface area contributed by atoms with Crippen LogP contribution in [0.25, 0.3) is 0 Å². The first-order chi connectivity index (χ1) is 9.00. The molecule has 1 heterocycles. The molecule has 0 aromatic carbocycles. The Labute approximate surface area is 116 Å². The lowest BCUT2D eigenvalue weighted by Gasteiger charge is -2.24. The Kier molecular flexibility index (Phi) is 4.19. The predicted molar refractivity (Wildman–Crippen MR) is 74.1 cm³/mol. The summed E-state index contributed by atoms with van der Waals surface area (Å²) in [6, 6.07) is 0.109. The van der Waals surface area contributed by atoms with Gasteiger partial charge in [0.05, 0.1) is 6.42 Å². The molecule has 1 fully saturated rings. The van der Waals surface area contributed by atoms with Crippen molar-refractivity contribution in [3.05, 3.63) is 26.4 Å². The molecule has 19 heavy (non-hydrogen) atoms. The lowest BCUT2D eigenvalue weighted by molar-refractivity contribution is -0.136. The number of carboxylic acids is 1. The Balaban J connectivity index is 2.51. The molecule has 0 radical (unpaired) electrons. The number of hydrogen-bond donors (Lipinski definition) is 2. The van der Waals surface area contributed by atoms with Gasteiger partial charge < -0.3 is 10.1 Å². The van der Waals surface area contributed by atoms with Gasteiger partial charge in [0.15, 0.2) is 4.77 Å². The maximum Gasteiger partial charge on any atom is 0.308 e. The Hall–Kier alpha value is -1.43. The SMILES string of the molecule is Cc1[nH]c(=S)n(C2CCCCC2)c(=O)c1CC(=O)O. The molecule has 0 aliphatic heterocycles. The van der Waals surface area contributed by atoms with Crippen molar-refractivity contribution in [1.82, 2.24) is 9.55 Å². The van der Waals surface area contributed by atoms with Crippen molar-refractivity contribution in [2.45, 2.75) is 51.5 Å². The number of carbonyl (C=O) groups is 1. The Morgan fingerprint density at radius 2 is 2.05 bits per heavy atom. The van der Waals surface area contributed by atoms with Crippen molar-refractivity contribution in [3.8, 4) is 0 Å². The summed E-state index contributed by atoms with van der Waals surface area (Å²) in [5.41, 5.74) is 0.631. The van der Waals surface area contributed by atoms with Gasteiger partial charge >= 0.3 is 5.97 Å². The quantitative estimate of drug-likeness (QED) is 0.834. The van der Waals surface area contributed by atoms with E-state index in [2.05, 4.69) is 4.98 Å². The van der Waals surface area contributed by atoms with Crippen LogP contribution in [0.3, 0.4) is 0 Å². The van der Waals surface area contributed by atoms with Crippen LogP contribution in [0, 0.1) is 11.7 Å². The number of aryl methyl sites for hydroxylation is 1. The summed E-state index contributed by atoms with van der Waals surface area (Å²) in [5, 5.41) is 8.90. The van der Waals surface area contributed by atoms with Crippen LogP contribution >= 0.6 is 12.2 Å². The highest BCUT2D eigenvalue weighted by Crippen LogP contribution is 2.27. The van der Waals surface area contributed by atoms with Gasteiger partial charge in [0, 0.05) is 17.3 Å². The molecule has 0 spiro atoms. The van der Waals surface area contributed by atoms with E-state index in [-0.39, 0.29) is 18.0 Å². The van der Waals surface area contributed by atoms with Crippen LogP contribution in [0.2, 0.25) is 0 Å². The zero-order valence-electron chi connectivity index (χ0n) is 10.9. The predicted octanol–water partition coefficient (Wildman–Crippen LogP) is 2.35. The third kappa shape index (κ3) is 2.94. The zero-order valence-corrected chi connectivity index (χ0v) is 11.8. The molecule has 1 aromatic heterocycles. The molecule has 1 aliphatic carbocycles. The van der Waals surface area contributed by atoms with Gasteiger partial charge in [0.25, 0.3) is 5.56 Å². The summed E-state index contributed by atoms with van der Waals surface area (Å²) in [4.78, 5) is 26.3. The number of rotatable bonds is 3. The van der Waals surface area contributed by atoms with Gasteiger partial charge in [-0.2, -0.15) is 0 Å². The van der Waals surface area contributed by atoms with Gasteiger partial charge in [-0.25, -0.2) is 0 Å². The zero-order chi connectivity index (χ0) is 14.0. The van der Waals surface area contributed by atoms with Crippen molar-refractivity contribution in [1.29, 1.82) is 0 Å². The summed E-state index contributed by atoms with van der Waals surface area (Å²) in [7, 11) is 0. The maximum absolute atomic E-state index is 12.5. The van der Waals surface area contributed by atoms with Gasteiger partial charge in [0.2, 0.25) is 0 Å². The van der Waals surface area contributed by atoms with E-state index >= 15 is 0 Å². The van der Waals surface area contributed by atoms with Crippen LogP contribution in [0.1, 0.15) is 49.4 Å². The van der Waals surface area contributed by atoms with Crippen LogP contribution in [0.5, 0.6) is 0 Å². The number of carboxylic acid groups (broad SMARTS) is 1. The molecule has 5 nitrogen and oxygen atoms in total. The van der Waals surface area contributed by atoms with Crippen LogP contribution in [0.15, 0.2) is 4.79 Å². The first kappa shape index (κ1) is 14.0. The lowest BCUT2D eigenvalue weighted by atomic mass is 9.95. The minimum Gasteiger partial charge on any atom is -0.481 e. The van der Waals surface area contributed by atoms with Crippen molar-refractivity contribution in [3.63, 3.8) is 0 Å². The van der Waals surface area contributed by atoms with Gasteiger partial charge in [0.1, 0.15) is 0 Å². The molecule has 0 atom stereocenters. The normalized spacial score (nSPS) is 16.5. The third-order valence-corrected chi connectivity index (χ3v) is 4.01. The molecule has 104 valence electrons. The van der Waals surface area contributed by atoms with Crippen LogP contribution < -0.4 is 5.56 Å². The fourth-order valence-corrected chi connectivity index (χ4v) is 3.11. The highest BCUT2D eigenvalue weighted by molar-refractivity contribution is 7.71. The second-order valence-electron chi connectivity index (χ2n) is 5.07. The standard InChI is InChI=1S/C13H18N2O3S/c1-8-10(7-11(16)17)12(18)15(13(19)14-8)9-5-3-2-4-6-9/h9H,2-7H2,1H3,(H,14,19)(H,16,17). The molecule has 0 bridgehead atoms. The molecule has 0 unspecified atom stereocenters. The van der Waals surface area contributed by atoms with E-state index in [4.69, 9.17) is 17.3 Å². The maximum atomic E-state index is 12.5. The van der Waals surface area contributed by atoms with E-state index in [9.17, 15) is 9.59 Å². The number of aliphatic carboxylic acids is 1. The van der Waals surface area contributed by atoms with E-state index in [1.165, 1.54) is 6.42 Å². The Morgan fingerprint density at radius 1 is 1.42 bits per heavy atom. The fourth-order valence-electron chi connectivity index (χ4n) is 2.72. The van der Waals surface area contributed by atoms with Gasteiger partial charge in [-0.15, -0.1) is 0 Å². The average Bonchev–Trinajstić information content (AvgIpc) is 2.35. The molecule has 0 saturated heterocycles. The Bertz CT molecular complexity index is 597. The average molecular weight is 282 g/mol. The Morgan fingerprint density at radius 3 is 2.63 bits per heavy atom.